The first-order valence-corrected chi connectivity index (χ1v) is 7.54. The van der Waals surface area contributed by atoms with Gasteiger partial charge in [-0.15, -0.1) is 10.2 Å². The number of nitrogens with zero attached hydrogens (tertiary/aromatic N) is 5. The fraction of sp³-hybridized carbons (Fsp3) is 0.667. The molecule has 2 aromatic heterocycles. The summed E-state index contributed by atoms with van der Waals surface area (Å²) < 4.78 is 7.38. The van der Waals surface area contributed by atoms with Crippen molar-refractivity contribution in [1.29, 1.82) is 0 Å². The van der Waals surface area contributed by atoms with Crippen LogP contribution in [0.4, 0.5) is 0 Å². The molecule has 1 aliphatic rings. The number of hydrogen-bond acceptors (Lipinski definition) is 6. The highest BCUT2D eigenvalue weighted by Gasteiger charge is 2.26. The molecule has 0 amide bonds. The largest absolute Gasteiger partial charge is 0.338 e. The molecule has 1 saturated carbocycles. The molecular formula is C12H17N5OS. The third kappa shape index (κ3) is 3.15. The van der Waals surface area contributed by atoms with Gasteiger partial charge in [-0.3, -0.25) is 0 Å². The topological polar surface area (TPSA) is 69.6 Å². The maximum Gasteiger partial charge on any atom is 0.237 e. The summed E-state index contributed by atoms with van der Waals surface area (Å²) in [7, 11) is 0. The third-order valence-electron chi connectivity index (χ3n) is 2.91. The first-order chi connectivity index (χ1) is 9.22. The summed E-state index contributed by atoms with van der Waals surface area (Å²) in [5.41, 5.74) is 0. The first kappa shape index (κ1) is 12.7. The second kappa shape index (κ2) is 5.32. The minimum atomic E-state index is 0.538. The van der Waals surface area contributed by atoms with Gasteiger partial charge in [0.1, 0.15) is 6.33 Å². The molecule has 6 nitrogen and oxygen atoms in total. The highest BCUT2D eigenvalue weighted by Crippen LogP contribution is 2.37. The molecule has 1 fully saturated rings. The zero-order chi connectivity index (χ0) is 13.2. The predicted octanol–water partition coefficient (Wildman–Crippen LogP) is 2.49. The monoisotopic (exact) mass is 279 g/mol. The van der Waals surface area contributed by atoms with Crippen LogP contribution in [-0.2, 0) is 12.2 Å². The minimum absolute atomic E-state index is 0.538. The van der Waals surface area contributed by atoms with Gasteiger partial charge in [0.15, 0.2) is 11.0 Å². The van der Waals surface area contributed by atoms with Crippen LogP contribution in [0.2, 0.25) is 0 Å². The van der Waals surface area contributed by atoms with E-state index in [1.807, 2.05) is 0 Å². The maximum atomic E-state index is 5.24. The van der Waals surface area contributed by atoms with E-state index in [1.165, 1.54) is 12.8 Å². The van der Waals surface area contributed by atoms with E-state index in [1.54, 1.807) is 18.1 Å². The van der Waals surface area contributed by atoms with Crippen molar-refractivity contribution in [3.63, 3.8) is 0 Å². The van der Waals surface area contributed by atoms with E-state index in [9.17, 15) is 0 Å². The van der Waals surface area contributed by atoms with E-state index in [0.29, 0.717) is 23.6 Å². The van der Waals surface area contributed by atoms with Crippen molar-refractivity contribution in [2.24, 2.45) is 5.92 Å². The molecule has 0 bridgehead atoms. The van der Waals surface area contributed by atoms with Crippen LogP contribution in [0.1, 0.15) is 44.4 Å². The Hall–Kier alpha value is -1.37. The molecule has 7 heteroatoms. The highest BCUT2D eigenvalue weighted by atomic mass is 32.2. The van der Waals surface area contributed by atoms with Gasteiger partial charge in [0.2, 0.25) is 5.89 Å². The van der Waals surface area contributed by atoms with E-state index in [2.05, 4.69) is 38.8 Å². The van der Waals surface area contributed by atoms with E-state index in [0.717, 1.165) is 17.4 Å². The molecule has 2 heterocycles. The molecule has 19 heavy (non-hydrogen) atoms. The van der Waals surface area contributed by atoms with Gasteiger partial charge in [-0.2, -0.15) is 4.98 Å². The highest BCUT2D eigenvalue weighted by molar-refractivity contribution is 7.98. The Balaban J connectivity index is 1.59. The summed E-state index contributed by atoms with van der Waals surface area (Å²) >= 11 is 1.60. The summed E-state index contributed by atoms with van der Waals surface area (Å²) in [6.45, 7) is 4.28. The van der Waals surface area contributed by atoms with Gasteiger partial charge in [0.05, 0.1) is 5.75 Å². The molecule has 0 N–H and O–H groups in total. The summed E-state index contributed by atoms with van der Waals surface area (Å²) in [6, 6.07) is 0.594. The lowest BCUT2D eigenvalue weighted by atomic mass is 10.1. The van der Waals surface area contributed by atoms with Crippen LogP contribution in [0.5, 0.6) is 0 Å². The van der Waals surface area contributed by atoms with Gasteiger partial charge in [-0.05, 0) is 18.8 Å². The van der Waals surface area contributed by atoms with Crippen molar-refractivity contribution in [3.8, 4) is 0 Å². The lowest BCUT2D eigenvalue weighted by Crippen LogP contribution is -1.96. The quantitative estimate of drug-likeness (QED) is 0.757. The molecule has 102 valence electrons. The standard InChI is InChI=1S/C12H17N5OS/c1-8(2)5-10-14-11(18-16-10)6-19-12-15-13-7-17(12)9-3-4-9/h7-9H,3-6H2,1-2H3. The molecule has 0 saturated heterocycles. The average Bonchev–Trinajstić information content (AvgIpc) is 2.94. The van der Waals surface area contributed by atoms with Crippen molar-refractivity contribution in [2.75, 3.05) is 0 Å². The molecular weight excluding hydrogens is 262 g/mol. The molecule has 0 aliphatic heterocycles. The van der Waals surface area contributed by atoms with Crippen molar-refractivity contribution in [3.05, 3.63) is 18.0 Å². The predicted molar refractivity (Wildman–Crippen MR) is 70.7 cm³/mol. The Morgan fingerprint density at radius 1 is 1.47 bits per heavy atom. The zero-order valence-electron chi connectivity index (χ0n) is 11.1. The average molecular weight is 279 g/mol. The van der Waals surface area contributed by atoms with E-state index >= 15 is 0 Å². The van der Waals surface area contributed by atoms with Crippen LogP contribution in [0.25, 0.3) is 0 Å². The smallest absolute Gasteiger partial charge is 0.237 e. The molecule has 2 aromatic rings. The Morgan fingerprint density at radius 3 is 3.05 bits per heavy atom. The lowest BCUT2D eigenvalue weighted by Gasteiger charge is -2.01. The summed E-state index contributed by atoms with van der Waals surface area (Å²) in [4.78, 5) is 4.38. The second-order valence-electron chi connectivity index (χ2n) is 5.24. The van der Waals surface area contributed by atoms with Crippen LogP contribution < -0.4 is 0 Å². The molecule has 0 aromatic carbocycles. The molecule has 0 radical (unpaired) electrons. The van der Waals surface area contributed by atoms with Crippen LogP contribution in [-0.4, -0.2) is 24.9 Å². The van der Waals surface area contributed by atoms with Gasteiger partial charge < -0.3 is 9.09 Å². The number of thioether (sulfide) groups is 1. The van der Waals surface area contributed by atoms with Crippen LogP contribution in [0.3, 0.4) is 0 Å². The van der Waals surface area contributed by atoms with Crippen LogP contribution in [0, 0.1) is 5.92 Å². The maximum absolute atomic E-state index is 5.24. The van der Waals surface area contributed by atoms with E-state index in [-0.39, 0.29) is 0 Å². The van der Waals surface area contributed by atoms with Gasteiger partial charge in [-0.25, -0.2) is 0 Å². The number of aromatic nitrogens is 5. The Labute approximate surface area is 116 Å². The van der Waals surface area contributed by atoms with Gasteiger partial charge in [0.25, 0.3) is 0 Å². The molecule has 3 rings (SSSR count). The second-order valence-corrected chi connectivity index (χ2v) is 6.19. The zero-order valence-corrected chi connectivity index (χ0v) is 11.9. The molecule has 0 spiro atoms. The molecule has 0 atom stereocenters. The van der Waals surface area contributed by atoms with Gasteiger partial charge in [0, 0.05) is 12.5 Å². The van der Waals surface area contributed by atoms with Crippen molar-refractivity contribution in [1.82, 2.24) is 24.9 Å². The minimum Gasteiger partial charge on any atom is -0.338 e. The molecule has 0 unspecified atom stereocenters. The van der Waals surface area contributed by atoms with Crippen molar-refractivity contribution < 1.29 is 4.52 Å². The van der Waals surface area contributed by atoms with Gasteiger partial charge in [-0.1, -0.05) is 30.8 Å². The SMILES string of the molecule is CC(C)Cc1noc(CSc2nncn2C2CC2)n1. The fourth-order valence-electron chi connectivity index (χ4n) is 1.86. The number of hydrogen-bond donors (Lipinski definition) is 0. The summed E-state index contributed by atoms with van der Waals surface area (Å²) in [6.07, 6.45) is 5.11. The Kier molecular flexibility index (Phi) is 3.54. The Bertz CT molecular complexity index is 546. The normalized spacial score (nSPS) is 15.3. The van der Waals surface area contributed by atoms with E-state index < -0.39 is 0 Å². The van der Waals surface area contributed by atoms with E-state index in [4.69, 9.17) is 4.52 Å². The first-order valence-electron chi connectivity index (χ1n) is 6.56. The Morgan fingerprint density at radius 2 is 2.32 bits per heavy atom. The van der Waals surface area contributed by atoms with Crippen molar-refractivity contribution >= 4 is 11.8 Å². The summed E-state index contributed by atoms with van der Waals surface area (Å²) in [5, 5.41) is 13.0. The third-order valence-corrected chi connectivity index (χ3v) is 3.85. The lowest BCUT2D eigenvalue weighted by molar-refractivity contribution is 0.382. The van der Waals surface area contributed by atoms with Gasteiger partial charge >= 0.3 is 0 Å². The van der Waals surface area contributed by atoms with Crippen LogP contribution in [0.15, 0.2) is 16.0 Å². The number of rotatable bonds is 6. The summed E-state index contributed by atoms with van der Waals surface area (Å²) in [5.74, 6) is 2.63. The van der Waals surface area contributed by atoms with Crippen LogP contribution >= 0.6 is 11.8 Å². The van der Waals surface area contributed by atoms with Crippen molar-refractivity contribution in [2.45, 2.75) is 50.1 Å². The molecule has 1 aliphatic carbocycles. The fourth-order valence-corrected chi connectivity index (χ4v) is 2.68.